The number of anilines is 1. The van der Waals surface area contributed by atoms with Crippen molar-refractivity contribution in [2.45, 2.75) is 25.9 Å². The van der Waals surface area contributed by atoms with E-state index >= 15 is 0 Å². The molecule has 0 spiro atoms. The summed E-state index contributed by atoms with van der Waals surface area (Å²) in [6.45, 7) is 2.87. The van der Waals surface area contributed by atoms with Gasteiger partial charge in [-0.05, 0) is 65.9 Å². The van der Waals surface area contributed by atoms with E-state index in [0.717, 1.165) is 53.9 Å². The van der Waals surface area contributed by atoms with Gasteiger partial charge in [-0.15, -0.1) is 0 Å². The Morgan fingerprint density at radius 2 is 2.18 bits per heavy atom. The lowest BCUT2D eigenvalue weighted by Crippen LogP contribution is -2.41. The van der Waals surface area contributed by atoms with Crippen LogP contribution in [-0.4, -0.2) is 30.9 Å². The topological polar surface area (TPSA) is 59.4 Å². The first kappa shape index (κ1) is 18.8. The van der Waals surface area contributed by atoms with Gasteiger partial charge in [0.1, 0.15) is 0 Å². The minimum absolute atomic E-state index is 0.0113. The van der Waals surface area contributed by atoms with Crippen LogP contribution in [-0.2, 0) is 17.9 Å². The Labute approximate surface area is 170 Å². The van der Waals surface area contributed by atoms with Crippen molar-refractivity contribution in [2.24, 2.45) is 5.92 Å². The van der Waals surface area contributed by atoms with Gasteiger partial charge in [-0.3, -0.25) is 4.79 Å². The van der Waals surface area contributed by atoms with Crippen LogP contribution in [0.2, 0.25) is 5.02 Å². The molecule has 0 aliphatic carbocycles. The van der Waals surface area contributed by atoms with Crippen molar-refractivity contribution in [1.29, 1.82) is 5.26 Å². The zero-order valence-corrected chi connectivity index (χ0v) is 16.7. The molecular weight excluding hydrogens is 372 g/mol. The summed E-state index contributed by atoms with van der Waals surface area (Å²) in [4.78, 5) is 16.5. The molecule has 2 heterocycles. The summed E-state index contributed by atoms with van der Waals surface area (Å²) in [6.07, 6.45) is 4.19. The second kappa shape index (κ2) is 7.83. The molecule has 144 valence electrons. The summed E-state index contributed by atoms with van der Waals surface area (Å²) in [6, 6.07) is 11.8. The highest BCUT2D eigenvalue weighted by atomic mass is 35.5. The van der Waals surface area contributed by atoms with Crippen molar-refractivity contribution >= 4 is 23.2 Å². The van der Waals surface area contributed by atoms with Crippen LogP contribution in [0.3, 0.4) is 0 Å². The first-order valence-corrected chi connectivity index (χ1v) is 9.99. The Kier molecular flexibility index (Phi) is 5.25. The lowest BCUT2D eigenvalue weighted by atomic mass is 9.94. The SMILES string of the molecule is CN(C(=O)[C@@H]1CCCNC1)c1cc2c(c(-c3cccc(Cl)c3)c1)CN(C#N)C2. The van der Waals surface area contributed by atoms with Gasteiger partial charge < -0.3 is 15.1 Å². The summed E-state index contributed by atoms with van der Waals surface area (Å²) in [7, 11) is 1.84. The molecule has 2 aromatic rings. The van der Waals surface area contributed by atoms with Crippen molar-refractivity contribution in [3.05, 3.63) is 52.5 Å². The van der Waals surface area contributed by atoms with E-state index in [9.17, 15) is 10.1 Å². The normalized spacial score (nSPS) is 18.5. The monoisotopic (exact) mass is 394 g/mol. The van der Waals surface area contributed by atoms with Gasteiger partial charge in [0, 0.05) is 24.3 Å². The Hall–Kier alpha value is -2.55. The van der Waals surface area contributed by atoms with Crippen LogP contribution in [0.1, 0.15) is 24.0 Å². The van der Waals surface area contributed by atoms with E-state index in [2.05, 4.69) is 23.6 Å². The predicted octanol–water partition coefficient (Wildman–Crippen LogP) is 3.77. The largest absolute Gasteiger partial charge is 0.316 e. The second-order valence-corrected chi connectivity index (χ2v) is 7.97. The molecular formula is C22H23ClN4O. The molecule has 0 bridgehead atoms. The smallest absolute Gasteiger partial charge is 0.231 e. The van der Waals surface area contributed by atoms with Crippen LogP contribution in [0, 0.1) is 17.4 Å². The number of hydrogen-bond donors (Lipinski definition) is 1. The molecule has 2 aliphatic heterocycles. The summed E-state index contributed by atoms with van der Waals surface area (Å²) >= 11 is 6.22. The maximum atomic E-state index is 13.0. The summed E-state index contributed by atoms with van der Waals surface area (Å²) in [5.74, 6) is 0.150. The zero-order valence-electron chi connectivity index (χ0n) is 15.9. The van der Waals surface area contributed by atoms with E-state index in [1.54, 1.807) is 9.80 Å². The molecule has 6 heteroatoms. The molecule has 0 radical (unpaired) electrons. The van der Waals surface area contributed by atoms with Gasteiger partial charge in [0.05, 0.1) is 19.0 Å². The van der Waals surface area contributed by atoms with Crippen molar-refractivity contribution in [1.82, 2.24) is 10.2 Å². The van der Waals surface area contributed by atoms with Crippen molar-refractivity contribution in [3.63, 3.8) is 0 Å². The lowest BCUT2D eigenvalue weighted by molar-refractivity contribution is -0.122. The van der Waals surface area contributed by atoms with Gasteiger partial charge in [0.2, 0.25) is 5.91 Å². The fraction of sp³-hybridized carbons (Fsp3) is 0.364. The maximum Gasteiger partial charge on any atom is 0.231 e. The molecule has 1 saturated heterocycles. The molecule has 4 rings (SSSR count). The van der Waals surface area contributed by atoms with Crippen LogP contribution in [0.15, 0.2) is 36.4 Å². The molecule has 1 N–H and O–H groups in total. The molecule has 0 aromatic heterocycles. The number of carbonyl (C=O) groups excluding carboxylic acids is 1. The van der Waals surface area contributed by atoms with Crippen LogP contribution >= 0.6 is 11.6 Å². The number of nitrogens with zero attached hydrogens (tertiary/aromatic N) is 3. The Morgan fingerprint density at radius 3 is 2.89 bits per heavy atom. The third-order valence-electron chi connectivity index (χ3n) is 5.68. The number of hydrogen-bond acceptors (Lipinski definition) is 4. The van der Waals surface area contributed by atoms with Gasteiger partial charge in [0.15, 0.2) is 6.19 Å². The zero-order chi connectivity index (χ0) is 19.7. The standard InChI is InChI=1S/C22H23ClN4O/c1-26(22(28)16-5-3-7-25-11-16)19-9-17-12-27(14-24)13-21(17)20(10-19)15-4-2-6-18(23)8-15/h2,4,6,8-10,16,25H,3,5,7,11-13H2,1H3/t16-/m1/s1. The molecule has 1 amide bonds. The highest BCUT2D eigenvalue weighted by Gasteiger charge is 2.28. The first-order valence-electron chi connectivity index (χ1n) is 9.61. The number of carbonyl (C=O) groups is 1. The van der Waals surface area contributed by atoms with Gasteiger partial charge >= 0.3 is 0 Å². The van der Waals surface area contributed by atoms with E-state index in [1.165, 1.54) is 0 Å². The minimum atomic E-state index is 0.0113. The van der Waals surface area contributed by atoms with E-state index in [4.69, 9.17) is 11.6 Å². The van der Waals surface area contributed by atoms with Crippen molar-refractivity contribution in [2.75, 3.05) is 25.0 Å². The van der Waals surface area contributed by atoms with E-state index < -0.39 is 0 Å². The third kappa shape index (κ3) is 3.58. The van der Waals surface area contributed by atoms with E-state index in [0.29, 0.717) is 18.1 Å². The number of rotatable bonds is 3. The average Bonchev–Trinajstić information content (AvgIpc) is 3.16. The van der Waals surface area contributed by atoms with Crippen LogP contribution in [0.5, 0.6) is 0 Å². The number of benzene rings is 2. The molecule has 1 fully saturated rings. The molecule has 2 aromatic carbocycles. The average molecular weight is 395 g/mol. The molecule has 28 heavy (non-hydrogen) atoms. The maximum absolute atomic E-state index is 13.0. The summed E-state index contributed by atoms with van der Waals surface area (Å²) in [5, 5.41) is 13.4. The second-order valence-electron chi connectivity index (χ2n) is 7.54. The highest BCUT2D eigenvalue weighted by Crippen LogP contribution is 2.37. The number of nitriles is 1. The Balaban J connectivity index is 1.74. The number of piperidine rings is 1. The lowest BCUT2D eigenvalue weighted by Gasteiger charge is -2.28. The number of amides is 1. The van der Waals surface area contributed by atoms with Gasteiger partial charge in [0.25, 0.3) is 0 Å². The number of nitrogens with one attached hydrogen (secondary N) is 1. The third-order valence-corrected chi connectivity index (χ3v) is 5.91. The highest BCUT2D eigenvalue weighted by molar-refractivity contribution is 6.30. The summed E-state index contributed by atoms with van der Waals surface area (Å²) < 4.78 is 0. The minimum Gasteiger partial charge on any atom is -0.316 e. The van der Waals surface area contributed by atoms with Crippen LogP contribution < -0.4 is 10.2 Å². The summed E-state index contributed by atoms with van der Waals surface area (Å²) in [5.41, 5.74) is 5.13. The predicted molar refractivity (Wildman–Crippen MR) is 111 cm³/mol. The quantitative estimate of drug-likeness (QED) is 0.805. The molecule has 2 aliphatic rings. The Bertz CT molecular complexity index is 946. The van der Waals surface area contributed by atoms with E-state index in [-0.39, 0.29) is 11.8 Å². The first-order chi connectivity index (χ1) is 13.6. The van der Waals surface area contributed by atoms with Gasteiger partial charge in [-0.25, -0.2) is 0 Å². The molecule has 0 unspecified atom stereocenters. The molecule has 5 nitrogen and oxygen atoms in total. The van der Waals surface area contributed by atoms with Crippen molar-refractivity contribution in [3.8, 4) is 17.3 Å². The van der Waals surface area contributed by atoms with Crippen molar-refractivity contribution < 1.29 is 4.79 Å². The fourth-order valence-electron chi connectivity index (χ4n) is 4.14. The van der Waals surface area contributed by atoms with Crippen LogP contribution in [0.25, 0.3) is 11.1 Å². The van der Waals surface area contributed by atoms with Crippen LogP contribution in [0.4, 0.5) is 5.69 Å². The Morgan fingerprint density at radius 1 is 1.32 bits per heavy atom. The number of fused-ring (bicyclic) bond motifs is 1. The van der Waals surface area contributed by atoms with E-state index in [1.807, 2.05) is 31.3 Å². The molecule has 1 atom stereocenters. The number of halogens is 1. The molecule has 0 saturated carbocycles. The van der Waals surface area contributed by atoms with Gasteiger partial charge in [-0.1, -0.05) is 23.7 Å². The fourth-order valence-corrected chi connectivity index (χ4v) is 4.33. The van der Waals surface area contributed by atoms with Gasteiger partial charge in [-0.2, -0.15) is 5.26 Å².